The van der Waals surface area contributed by atoms with Crippen molar-refractivity contribution in [3.63, 3.8) is 0 Å². The third-order valence-corrected chi connectivity index (χ3v) is 4.12. The molecule has 2 aromatic carbocycles. The predicted octanol–water partition coefficient (Wildman–Crippen LogP) is 3.68. The third-order valence-electron chi connectivity index (χ3n) is 4.12. The highest BCUT2D eigenvalue weighted by Crippen LogP contribution is 2.24. The number of hydrogen-bond donors (Lipinski definition) is 1. The monoisotopic (exact) mass is 308 g/mol. The highest BCUT2D eigenvalue weighted by atomic mass is 16.2. The second-order valence-electron chi connectivity index (χ2n) is 5.97. The summed E-state index contributed by atoms with van der Waals surface area (Å²) in [6.07, 6.45) is 1.48. The number of aryl methyl sites for hydroxylation is 2. The summed E-state index contributed by atoms with van der Waals surface area (Å²) in [7, 11) is 0. The number of amides is 2. The fourth-order valence-electron chi connectivity index (χ4n) is 2.94. The van der Waals surface area contributed by atoms with Gasteiger partial charge in [0.25, 0.3) is 5.91 Å². The van der Waals surface area contributed by atoms with Crippen LogP contribution in [0.1, 0.15) is 34.3 Å². The van der Waals surface area contributed by atoms with Crippen molar-refractivity contribution in [1.82, 2.24) is 0 Å². The Bertz CT molecular complexity index is 768. The summed E-state index contributed by atoms with van der Waals surface area (Å²) in [6.45, 7) is 4.68. The highest BCUT2D eigenvalue weighted by Gasteiger charge is 2.21. The predicted molar refractivity (Wildman–Crippen MR) is 91.9 cm³/mol. The van der Waals surface area contributed by atoms with E-state index in [4.69, 9.17) is 0 Å². The molecule has 0 bridgehead atoms. The second-order valence-corrected chi connectivity index (χ2v) is 5.97. The van der Waals surface area contributed by atoms with Crippen LogP contribution in [0.15, 0.2) is 42.5 Å². The Kier molecular flexibility index (Phi) is 4.15. The molecule has 118 valence electrons. The summed E-state index contributed by atoms with van der Waals surface area (Å²) in [5.74, 6) is 0.00949. The first-order chi connectivity index (χ1) is 11.0. The molecule has 4 heteroatoms. The number of carbonyl (C=O) groups is 2. The van der Waals surface area contributed by atoms with Gasteiger partial charge in [-0.3, -0.25) is 9.59 Å². The third kappa shape index (κ3) is 3.26. The van der Waals surface area contributed by atoms with Gasteiger partial charge in [-0.2, -0.15) is 0 Å². The van der Waals surface area contributed by atoms with Crippen LogP contribution in [0.25, 0.3) is 0 Å². The van der Waals surface area contributed by atoms with Gasteiger partial charge in [0.1, 0.15) is 0 Å². The zero-order valence-electron chi connectivity index (χ0n) is 13.4. The van der Waals surface area contributed by atoms with Gasteiger partial charge in [-0.05, 0) is 50.1 Å². The van der Waals surface area contributed by atoms with E-state index in [-0.39, 0.29) is 11.8 Å². The molecule has 1 aliphatic rings. The lowest BCUT2D eigenvalue weighted by molar-refractivity contribution is -0.117. The number of anilines is 2. The molecular weight excluding hydrogens is 288 g/mol. The molecule has 4 nitrogen and oxygen atoms in total. The van der Waals surface area contributed by atoms with Crippen molar-refractivity contribution in [2.45, 2.75) is 26.7 Å². The van der Waals surface area contributed by atoms with Gasteiger partial charge in [0.05, 0.1) is 0 Å². The minimum atomic E-state index is -0.132. The van der Waals surface area contributed by atoms with E-state index >= 15 is 0 Å². The summed E-state index contributed by atoms with van der Waals surface area (Å²) in [5.41, 5.74) is 4.29. The van der Waals surface area contributed by atoms with E-state index in [1.165, 1.54) is 0 Å². The first-order valence-electron chi connectivity index (χ1n) is 7.83. The molecular formula is C19H20N2O2. The van der Waals surface area contributed by atoms with E-state index in [1.54, 1.807) is 4.90 Å². The molecule has 1 aliphatic heterocycles. The van der Waals surface area contributed by atoms with Gasteiger partial charge in [-0.1, -0.05) is 23.8 Å². The average molecular weight is 308 g/mol. The maximum atomic E-state index is 12.5. The molecule has 1 heterocycles. The first-order valence-corrected chi connectivity index (χ1v) is 7.83. The molecule has 0 unspecified atom stereocenters. The molecule has 2 amide bonds. The van der Waals surface area contributed by atoms with E-state index < -0.39 is 0 Å². The average Bonchev–Trinajstić information content (AvgIpc) is 2.93. The van der Waals surface area contributed by atoms with E-state index in [9.17, 15) is 9.59 Å². The summed E-state index contributed by atoms with van der Waals surface area (Å²) in [5, 5.41) is 2.92. The van der Waals surface area contributed by atoms with Crippen molar-refractivity contribution in [3.8, 4) is 0 Å². The largest absolute Gasteiger partial charge is 0.322 e. The number of hydrogen-bond acceptors (Lipinski definition) is 2. The van der Waals surface area contributed by atoms with E-state index in [1.807, 2.05) is 56.3 Å². The van der Waals surface area contributed by atoms with Crippen molar-refractivity contribution >= 4 is 23.2 Å². The van der Waals surface area contributed by atoms with Crippen LogP contribution in [0.5, 0.6) is 0 Å². The van der Waals surface area contributed by atoms with E-state index in [0.717, 1.165) is 29.8 Å². The number of nitrogens with one attached hydrogen (secondary N) is 1. The van der Waals surface area contributed by atoms with Gasteiger partial charge in [0, 0.05) is 29.9 Å². The highest BCUT2D eigenvalue weighted by molar-refractivity contribution is 6.05. The fraction of sp³-hybridized carbons (Fsp3) is 0.263. The van der Waals surface area contributed by atoms with E-state index in [2.05, 4.69) is 5.32 Å². The Hall–Kier alpha value is -2.62. The van der Waals surface area contributed by atoms with E-state index in [0.29, 0.717) is 17.7 Å². The Labute approximate surface area is 136 Å². The normalized spacial score (nSPS) is 14.2. The van der Waals surface area contributed by atoms with Crippen LogP contribution in [0.3, 0.4) is 0 Å². The van der Waals surface area contributed by atoms with Crippen LogP contribution in [-0.2, 0) is 4.79 Å². The van der Waals surface area contributed by atoms with Gasteiger partial charge < -0.3 is 10.2 Å². The molecule has 2 aromatic rings. The molecule has 23 heavy (non-hydrogen) atoms. The molecule has 0 saturated carbocycles. The number of carbonyl (C=O) groups excluding carboxylic acids is 2. The Balaban J connectivity index is 1.80. The topological polar surface area (TPSA) is 49.4 Å². The van der Waals surface area contributed by atoms with Gasteiger partial charge in [-0.25, -0.2) is 0 Å². The summed E-state index contributed by atoms with van der Waals surface area (Å²) in [6, 6.07) is 13.2. The van der Waals surface area contributed by atoms with Crippen molar-refractivity contribution < 1.29 is 9.59 Å². The van der Waals surface area contributed by atoms with Crippen LogP contribution in [-0.4, -0.2) is 18.4 Å². The Morgan fingerprint density at radius 3 is 2.65 bits per heavy atom. The van der Waals surface area contributed by atoms with Gasteiger partial charge in [-0.15, -0.1) is 0 Å². The van der Waals surface area contributed by atoms with Crippen LogP contribution in [0.4, 0.5) is 11.4 Å². The molecule has 0 radical (unpaired) electrons. The number of rotatable bonds is 3. The van der Waals surface area contributed by atoms with Crippen LogP contribution in [0.2, 0.25) is 0 Å². The maximum absolute atomic E-state index is 12.5. The molecule has 0 aliphatic carbocycles. The maximum Gasteiger partial charge on any atom is 0.255 e. The minimum Gasteiger partial charge on any atom is -0.322 e. The Morgan fingerprint density at radius 1 is 1.13 bits per heavy atom. The summed E-state index contributed by atoms with van der Waals surface area (Å²) in [4.78, 5) is 26.1. The second kappa shape index (κ2) is 6.24. The zero-order chi connectivity index (χ0) is 16.4. The van der Waals surface area contributed by atoms with Crippen LogP contribution >= 0.6 is 0 Å². The van der Waals surface area contributed by atoms with Crippen LogP contribution in [0, 0.1) is 13.8 Å². The zero-order valence-corrected chi connectivity index (χ0v) is 13.4. The molecule has 1 saturated heterocycles. The van der Waals surface area contributed by atoms with Crippen molar-refractivity contribution in [2.75, 3.05) is 16.8 Å². The first kappa shape index (κ1) is 15.3. The lowest BCUT2D eigenvalue weighted by Crippen LogP contribution is -2.23. The van der Waals surface area contributed by atoms with Crippen molar-refractivity contribution in [1.29, 1.82) is 0 Å². The molecule has 1 N–H and O–H groups in total. The van der Waals surface area contributed by atoms with Gasteiger partial charge >= 0.3 is 0 Å². The minimum absolute atomic E-state index is 0.132. The Morgan fingerprint density at radius 2 is 1.96 bits per heavy atom. The molecule has 0 atom stereocenters. The molecule has 0 aromatic heterocycles. The number of benzene rings is 2. The molecule has 0 spiro atoms. The lowest BCUT2D eigenvalue weighted by atomic mass is 10.1. The lowest BCUT2D eigenvalue weighted by Gasteiger charge is -2.17. The standard InChI is InChI=1S/C19H20N2O2/c1-13-8-9-17(14(2)11-13)19(23)20-15-5-3-6-16(12-15)21-10-4-7-18(21)22/h3,5-6,8-9,11-12H,4,7,10H2,1-2H3,(H,20,23). The molecule has 1 fully saturated rings. The van der Waals surface area contributed by atoms with Crippen LogP contribution < -0.4 is 10.2 Å². The number of nitrogens with zero attached hydrogens (tertiary/aromatic N) is 1. The van der Waals surface area contributed by atoms with Gasteiger partial charge in [0.15, 0.2) is 0 Å². The SMILES string of the molecule is Cc1ccc(C(=O)Nc2cccc(N3CCCC3=O)c2)c(C)c1. The van der Waals surface area contributed by atoms with Crippen molar-refractivity contribution in [3.05, 3.63) is 59.2 Å². The molecule has 3 rings (SSSR count). The quantitative estimate of drug-likeness (QED) is 0.940. The fourth-order valence-corrected chi connectivity index (χ4v) is 2.94. The van der Waals surface area contributed by atoms with Crippen molar-refractivity contribution in [2.24, 2.45) is 0 Å². The van der Waals surface area contributed by atoms with Gasteiger partial charge in [0.2, 0.25) is 5.91 Å². The summed E-state index contributed by atoms with van der Waals surface area (Å²) >= 11 is 0. The smallest absolute Gasteiger partial charge is 0.255 e. The summed E-state index contributed by atoms with van der Waals surface area (Å²) < 4.78 is 0.